The molecule has 3 aliphatic rings. The summed E-state index contributed by atoms with van der Waals surface area (Å²) in [6.45, 7) is 12.9. The van der Waals surface area contributed by atoms with Gasteiger partial charge in [0, 0.05) is 8.07 Å². The highest BCUT2D eigenvalue weighted by Gasteiger charge is 2.89. The highest BCUT2D eigenvalue weighted by molar-refractivity contribution is 6.76. The lowest BCUT2D eigenvalue weighted by atomic mass is 9.67. The van der Waals surface area contributed by atoms with Gasteiger partial charge in [0.1, 0.15) is 0 Å². The Balaban J connectivity index is 1.81. The molecule has 0 bridgehead atoms. The molecule has 3 saturated carbocycles. The summed E-state index contributed by atoms with van der Waals surface area (Å²) < 4.78 is 0. The number of hydrogen-bond acceptors (Lipinski definition) is 0. The zero-order chi connectivity index (χ0) is 11.8. The van der Waals surface area contributed by atoms with E-state index in [0.717, 1.165) is 22.2 Å². The van der Waals surface area contributed by atoms with Gasteiger partial charge in [-0.15, -0.1) is 0 Å². The van der Waals surface area contributed by atoms with E-state index in [1.807, 2.05) is 0 Å². The van der Waals surface area contributed by atoms with Gasteiger partial charge in [-0.3, -0.25) is 0 Å². The number of rotatable bonds is 2. The van der Waals surface area contributed by atoms with Gasteiger partial charge in [0.25, 0.3) is 0 Å². The van der Waals surface area contributed by atoms with Crippen molar-refractivity contribution in [2.24, 2.45) is 22.2 Å². The second kappa shape index (κ2) is 2.79. The minimum atomic E-state index is -0.853. The molecule has 0 aromatic rings. The molecule has 0 aromatic heterocycles. The van der Waals surface area contributed by atoms with Crippen LogP contribution in [0.1, 0.15) is 46.0 Å². The molecular weight excluding hydrogens is 208 g/mol. The van der Waals surface area contributed by atoms with Crippen molar-refractivity contribution in [1.82, 2.24) is 0 Å². The second-order valence-corrected chi connectivity index (χ2v) is 14.0. The molecule has 1 heteroatoms. The summed E-state index contributed by atoms with van der Waals surface area (Å²) in [7, 11) is -0.853. The molecular formula is C15H28Si. The summed E-state index contributed by atoms with van der Waals surface area (Å²) >= 11 is 0. The molecule has 0 aliphatic heterocycles. The Hall–Kier alpha value is 0.217. The number of hydrogen-bond donors (Lipinski definition) is 0. The van der Waals surface area contributed by atoms with E-state index < -0.39 is 8.07 Å². The van der Waals surface area contributed by atoms with Crippen LogP contribution in [0.4, 0.5) is 0 Å². The standard InChI is InChI=1S/C15H28Si/c1-13-10-12(11-16(3,4)5)14(13,2)15(13)8-6-7-9-15/h12H,6-11H2,1-5H3. The highest BCUT2D eigenvalue weighted by Crippen LogP contribution is 2.95. The zero-order valence-corrected chi connectivity index (χ0v) is 12.8. The van der Waals surface area contributed by atoms with Gasteiger partial charge in [0.05, 0.1) is 0 Å². The SMILES string of the molecule is CC12CC(C[Si](C)(C)C)C1(C)C21CCCC1. The Morgan fingerprint density at radius 1 is 1.06 bits per heavy atom. The molecule has 3 aliphatic carbocycles. The first-order valence-electron chi connectivity index (χ1n) is 7.27. The predicted molar refractivity (Wildman–Crippen MR) is 73.4 cm³/mol. The molecule has 3 fully saturated rings. The largest absolute Gasteiger partial charge is 0.0695 e. The first kappa shape index (κ1) is 11.3. The molecule has 0 heterocycles. The van der Waals surface area contributed by atoms with E-state index in [4.69, 9.17) is 0 Å². The summed E-state index contributed by atoms with van der Waals surface area (Å²) in [5.41, 5.74) is 2.34. The quantitative estimate of drug-likeness (QED) is 0.596. The zero-order valence-electron chi connectivity index (χ0n) is 11.8. The average molecular weight is 236 g/mol. The van der Waals surface area contributed by atoms with E-state index in [-0.39, 0.29) is 0 Å². The third-order valence-electron chi connectivity index (χ3n) is 6.92. The lowest BCUT2D eigenvalue weighted by Crippen LogP contribution is -2.38. The van der Waals surface area contributed by atoms with Crippen molar-refractivity contribution in [3.05, 3.63) is 0 Å². The van der Waals surface area contributed by atoms with E-state index in [2.05, 4.69) is 33.5 Å². The Morgan fingerprint density at radius 3 is 2.12 bits per heavy atom. The maximum Gasteiger partial charge on any atom is 0.0445 e. The summed E-state index contributed by atoms with van der Waals surface area (Å²) in [5, 5.41) is 0. The van der Waals surface area contributed by atoms with Crippen molar-refractivity contribution in [1.29, 1.82) is 0 Å². The van der Waals surface area contributed by atoms with Gasteiger partial charge in [-0.05, 0) is 41.4 Å². The Kier molecular flexibility index (Phi) is 1.97. The van der Waals surface area contributed by atoms with Crippen molar-refractivity contribution >= 4 is 8.07 Å². The minimum Gasteiger partial charge on any atom is -0.0695 e. The molecule has 92 valence electrons. The van der Waals surface area contributed by atoms with Crippen molar-refractivity contribution in [2.45, 2.75) is 71.6 Å². The van der Waals surface area contributed by atoms with Crippen LogP contribution in [0.25, 0.3) is 0 Å². The topological polar surface area (TPSA) is 0 Å². The Morgan fingerprint density at radius 2 is 1.62 bits per heavy atom. The molecule has 0 amide bonds. The van der Waals surface area contributed by atoms with Gasteiger partial charge in [-0.2, -0.15) is 0 Å². The highest BCUT2D eigenvalue weighted by atomic mass is 28.3. The summed E-state index contributed by atoms with van der Waals surface area (Å²) in [6, 6.07) is 1.58. The lowest BCUT2D eigenvalue weighted by molar-refractivity contribution is 0.118. The molecule has 16 heavy (non-hydrogen) atoms. The smallest absolute Gasteiger partial charge is 0.0445 e. The maximum absolute atomic E-state index is 2.65. The van der Waals surface area contributed by atoms with Crippen LogP contribution >= 0.6 is 0 Å². The molecule has 3 rings (SSSR count). The van der Waals surface area contributed by atoms with E-state index in [1.165, 1.54) is 12.8 Å². The van der Waals surface area contributed by atoms with Gasteiger partial charge in [0.2, 0.25) is 0 Å². The van der Waals surface area contributed by atoms with E-state index in [1.54, 1.807) is 25.3 Å². The van der Waals surface area contributed by atoms with Gasteiger partial charge in [-0.25, -0.2) is 0 Å². The van der Waals surface area contributed by atoms with E-state index in [0.29, 0.717) is 0 Å². The van der Waals surface area contributed by atoms with Crippen LogP contribution in [-0.4, -0.2) is 8.07 Å². The predicted octanol–water partition coefficient (Wildman–Crippen LogP) is 4.93. The fraction of sp³-hybridized carbons (Fsp3) is 1.00. The normalized spacial score (nSPS) is 48.9. The van der Waals surface area contributed by atoms with Crippen LogP contribution in [-0.2, 0) is 0 Å². The average Bonchev–Trinajstić information content (AvgIpc) is 2.61. The van der Waals surface area contributed by atoms with Gasteiger partial charge < -0.3 is 0 Å². The third-order valence-corrected chi connectivity index (χ3v) is 8.64. The van der Waals surface area contributed by atoms with Crippen molar-refractivity contribution in [2.75, 3.05) is 0 Å². The van der Waals surface area contributed by atoms with Crippen molar-refractivity contribution in [3.63, 3.8) is 0 Å². The molecule has 1 spiro atoms. The minimum absolute atomic E-state index is 0.761. The first-order chi connectivity index (χ1) is 7.27. The molecule has 0 nitrogen and oxygen atoms in total. The molecule has 0 N–H and O–H groups in total. The first-order valence-corrected chi connectivity index (χ1v) is 11.0. The van der Waals surface area contributed by atoms with Gasteiger partial charge in [-0.1, -0.05) is 52.4 Å². The summed E-state index contributed by atoms with van der Waals surface area (Å²) in [6.07, 6.45) is 7.72. The third kappa shape index (κ3) is 0.985. The van der Waals surface area contributed by atoms with Gasteiger partial charge in [0.15, 0.2) is 0 Å². The summed E-state index contributed by atoms with van der Waals surface area (Å²) in [5.74, 6) is 1.09. The van der Waals surface area contributed by atoms with E-state index in [9.17, 15) is 0 Å². The molecule has 3 atom stereocenters. The maximum atomic E-state index is 2.65. The fourth-order valence-corrected chi connectivity index (χ4v) is 8.12. The second-order valence-electron chi connectivity index (χ2n) is 8.49. The summed E-state index contributed by atoms with van der Waals surface area (Å²) in [4.78, 5) is 0. The molecule has 0 radical (unpaired) electrons. The van der Waals surface area contributed by atoms with Gasteiger partial charge >= 0.3 is 0 Å². The van der Waals surface area contributed by atoms with Crippen LogP contribution in [0.2, 0.25) is 25.7 Å². The number of fused-ring (bicyclic) bond motifs is 3. The van der Waals surface area contributed by atoms with Crippen LogP contribution in [0, 0.1) is 22.2 Å². The van der Waals surface area contributed by atoms with E-state index >= 15 is 0 Å². The van der Waals surface area contributed by atoms with Crippen LogP contribution in [0.3, 0.4) is 0 Å². The van der Waals surface area contributed by atoms with Crippen LogP contribution in [0.15, 0.2) is 0 Å². The van der Waals surface area contributed by atoms with Crippen molar-refractivity contribution < 1.29 is 0 Å². The van der Waals surface area contributed by atoms with Crippen LogP contribution in [0.5, 0.6) is 0 Å². The lowest BCUT2D eigenvalue weighted by Gasteiger charge is -2.42. The molecule has 0 aromatic carbocycles. The Bertz CT molecular complexity index is 321. The monoisotopic (exact) mass is 236 g/mol. The Labute approximate surface area is 102 Å². The molecule has 3 unspecified atom stereocenters. The van der Waals surface area contributed by atoms with Crippen LogP contribution < -0.4 is 0 Å². The fourth-order valence-electron chi connectivity index (χ4n) is 6.09. The molecule has 0 saturated heterocycles. The van der Waals surface area contributed by atoms with Crippen molar-refractivity contribution in [3.8, 4) is 0 Å².